The van der Waals surface area contributed by atoms with E-state index in [0.29, 0.717) is 6.26 Å². The molecule has 0 radical (unpaired) electrons. The van der Waals surface area contributed by atoms with E-state index in [2.05, 4.69) is 9.68 Å². The number of methoxy groups -OCH3 is 1. The van der Waals surface area contributed by atoms with Gasteiger partial charge in [-0.2, -0.15) is 61.5 Å². The summed E-state index contributed by atoms with van der Waals surface area (Å²) in [7, 11) is 1.17. The molecule has 0 amide bonds. The van der Waals surface area contributed by atoms with E-state index in [-0.39, 0.29) is 21.1 Å². The summed E-state index contributed by atoms with van der Waals surface area (Å²) in [4.78, 5) is 19.2. The van der Waals surface area contributed by atoms with Gasteiger partial charge in [-0.15, -0.1) is 8.78 Å². The fourth-order valence-corrected chi connectivity index (χ4v) is 0.123. The van der Waals surface area contributed by atoms with Crippen molar-refractivity contribution in [2.24, 2.45) is 0 Å². The topological polar surface area (TPSA) is 52.6 Å². The summed E-state index contributed by atoms with van der Waals surface area (Å²) in [5.41, 5.74) is 0. The van der Waals surface area contributed by atoms with Crippen LogP contribution in [0.5, 0.6) is 0 Å². The summed E-state index contributed by atoms with van der Waals surface area (Å²) >= 11 is 0. The zero-order valence-corrected chi connectivity index (χ0v) is 15.9. The van der Waals surface area contributed by atoms with Crippen molar-refractivity contribution in [2.45, 2.75) is 33.4 Å². The first-order valence-electron chi connectivity index (χ1n) is 6.53. The highest BCUT2D eigenvalue weighted by Crippen LogP contribution is 2.15. The van der Waals surface area contributed by atoms with Crippen molar-refractivity contribution in [3.8, 4) is 0 Å². The average Bonchev–Trinajstić information content (AvgIpc) is 2.61. The van der Waals surface area contributed by atoms with E-state index in [1.807, 2.05) is 0 Å². The second-order valence-electron chi connectivity index (χ2n) is 3.63. The molecule has 0 aliphatic heterocycles. The molecular formula is C14H17F19O4. The van der Waals surface area contributed by atoms with Gasteiger partial charge in [0.2, 0.25) is 6.26 Å². The Morgan fingerprint density at radius 2 is 0.838 bits per heavy atom. The summed E-state index contributed by atoms with van der Waals surface area (Å²) in [6, 6.07) is -3.26. The lowest BCUT2D eigenvalue weighted by molar-refractivity contribution is -0.183. The van der Waals surface area contributed by atoms with Crippen molar-refractivity contribution in [3.05, 3.63) is 24.7 Å². The molecule has 0 saturated carbocycles. The fourth-order valence-electron chi connectivity index (χ4n) is 0.123. The average molecular weight is 610 g/mol. The molecule has 0 aliphatic carbocycles. The molecule has 23 heteroatoms. The summed E-state index contributed by atoms with van der Waals surface area (Å²) in [6.07, 6.45) is -21.3. The Bertz CT molecular complexity index is 523. The Labute approximate surface area is 195 Å². The monoisotopic (exact) mass is 610 g/mol. The largest absolute Gasteiger partial charge is 0.499 e. The summed E-state index contributed by atoms with van der Waals surface area (Å²) in [5.74, 6) is 0. The Kier molecular flexibility index (Phi) is 46.1. The highest BCUT2D eigenvalue weighted by atomic mass is 19.4. The number of alkyl halides is 11. The molecule has 230 valence electrons. The van der Waals surface area contributed by atoms with Gasteiger partial charge >= 0.3 is 43.0 Å². The maximum atomic E-state index is 10.8. The van der Waals surface area contributed by atoms with E-state index < -0.39 is 56.4 Å². The number of hydrogen-bond donors (Lipinski definition) is 0. The van der Waals surface area contributed by atoms with Gasteiger partial charge in [-0.1, -0.05) is 14.9 Å². The predicted octanol–water partition coefficient (Wildman–Crippen LogP) is 9.39. The molecule has 37 heavy (non-hydrogen) atoms. The van der Waals surface area contributed by atoms with Crippen LogP contribution >= 0.6 is 0 Å². The first-order chi connectivity index (χ1) is 15.3. The zero-order chi connectivity index (χ0) is 30.1. The molecule has 0 heterocycles. The molecule has 0 fully saturated rings. The van der Waals surface area contributed by atoms with Gasteiger partial charge in [0, 0.05) is 4.53 Å². The minimum Gasteiger partial charge on any atom is -0.499 e. The van der Waals surface area contributed by atoms with Crippen molar-refractivity contribution in [2.75, 3.05) is 20.5 Å². The third-order valence-corrected chi connectivity index (χ3v) is 0.866. The highest BCUT2D eigenvalue weighted by molar-refractivity contribution is 5.74. The third-order valence-electron chi connectivity index (χ3n) is 0.866. The quantitative estimate of drug-likeness (QED) is 0.178. The SMILES string of the molecule is C.C.COC=C(F)F.FCC(F)(F)F.FCC(F)(F)F.FOC=C(F)F.O=C(F)C(F)(F)F.O=C(F)F. The van der Waals surface area contributed by atoms with Crippen LogP contribution in [0.25, 0.3) is 0 Å². The van der Waals surface area contributed by atoms with Crippen LogP contribution in [0.4, 0.5) is 88.3 Å². The third kappa shape index (κ3) is 140. The number of ether oxygens (including phenoxy) is 1. The zero-order valence-electron chi connectivity index (χ0n) is 15.9. The molecule has 0 aromatic heterocycles. The van der Waals surface area contributed by atoms with Crippen molar-refractivity contribution >= 4 is 12.3 Å². The lowest BCUT2D eigenvalue weighted by Gasteiger charge is -1.93. The Balaban J connectivity index is -0.0000000452. The minimum atomic E-state index is -5.31. The molecule has 0 aliphatic rings. The van der Waals surface area contributed by atoms with E-state index in [1.54, 1.807) is 0 Å². The smallest absolute Gasteiger partial charge is 0.483 e. The van der Waals surface area contributed by atoms with Gasteiger partial charge in [0.05, 0.1) is 7.11 Å². The lowest BCUT2D eigenvalue weighted by Crippen LogP contribution is -2.16. The number of rotatable bonds is 2. The summed E-state index contributed by atoms with van der Waals surface area (Å²) < 4.78 is 201. The van der Waals surface area contributed by atoms with Gasteiger partial charge in [-0.05, 0) is 0 Å². The molecule has 0 bridgehead atoms. The molecule has 0 aromatic carbocycles. The fraction of sp³-hybridized carbons (Fsp3) is 0.571. The number of halogens is 19. The van der Waals surface area contributed by atoms with Gasteiger partial charge in [0.15, 0.2) is 13.3 Å². The second kappa shape index (κ2) is 31.1. The van der Waals surface area contributed by atoms with E-state index in [4.69, 9.17) is 9.59 Å². The molecule has 0 saturated heterocycles. The first kappa shape index (κ1) is 54.8. The molecule has 0 N–H and O–H groups in total. The maximum Gasteiger partial charge on any atom is 0.483 e. The van der Waals surface area contributed by atoms with E-state index in [9.17, 15) is 83.6 Å². The van der Waals surface area contributed by atoms with Crippen molar-refractivity contribution < 1.29 is 103 Å². The van der Waals surface area contributed by atoms with Crippen molar-refractivity contribution in [3.63, 3.8) is 0 Å². The summed E-state index contributed by atoms with van der Waals surface area (Å²) in [5, 5.41) is 0. The van der Waals surface area contributed by atoms with Gasteiger partial charge < -0.3 is 4.74 Å². The van der Waals surface area contributed by atoms with Crippen LogP contribution in [-0.4, -0.2) is 51.3 Å². The number of carbonyl (C=O) groups excluding carboxylic acids is 2. The van der Waals surface area contributed by atoms with Gasteiger partial charge in [-0.3, -0.25) is 9.74 Å². The highest BCUT2D eigenvalue weighted by Gasteiger charge is 2.38. The van der Waals surface area contributed by atoms with Gasteiger partial charge in [0.25, 0.3) is 0 Å². The predicted molar refractivity (Wildman–Crippen MR) is 87.1 cm³/mol. The second-order valence-corrected chi connectivity index (χ2v) is 3.63. The minimum absolute atomic E-state index is 0. The Hall–Kier alpha value is -2.91. The normalized spacial score (nSPS) is 9.08. The molecule has 0 aromatic rings. The first-order valence-corrected chi connectivity index (χ1v) is 6.53. The molecule has 0 rings (SSSR count). The van der Waals surface area contributed by atoms with Crippen LogP contribution in [0.15, 0.2) is 24.7 Å². The standard InChI is InChI=1S/C3H4F2O.C2F4O.2C2H2F4.C2HF3O.CF2O.2CH4/c1-6-2-3(4)5;3-1(7)2(4,5)6;2*3-1-2(4,5)6;3-2(4)1-6-5;2-1(3)4;;/h2H,1H3;;2*1H2;1H;;2*1H4. The van der Waals surface area contributed by atoms with E-state index in [1.165, 1.54) is 7.11 Å². The van der Waals surface area contributed by atoms with Crippen LogP contribution < -0.4 is 0 Å². The van der Waals surface area contributed by atoms with E-state index in [0.717, 1.165) is 0 Å². The number of hydrogen-bond acceptors (Lipinski definition) is 4. The molecule has 0 unspecified atom stereocenters. The Morgan fingerprint density at radius 1 is 0.649 bits per heavy atom. The lowest BCUT2D eigenvalue weighted by atomic mass is 10.7. The van der Waals surface area contributed by atoms with Crippen molar-refractivity contribution in [1.82, 2.24) is 0 Å². The van der Waals surface area contributed by atoms with E-state index >= 15 is 0 Å². The van der Waals surface area contributed by atoms with Crippen molar-refractivity contribution in [1.29, 1.82) is 0 Å². The van der Waals surface area contributed by atoms with Gasteiger partial charge in [0.1, 0.15) is 6.26 Å². The molecule has 0 spiro atoms. The van der Waals surface area contributed by atoms with Gasteiger partial charge in [-0.25, -0.2) is 13.6 Å². The number of carbonyl (C=O) groups is 2. The Morgan fingerprint density at radius 3 is 0.838 bits per heavy atom. The van der Waals surface area contributed by atoms with Crippen LogP contribution in [0.1, 0.15) is 14.9 Å². The maximum absolute atomic E-state index is 10.8. The molecular weight excluding hydrogens is 593 g/mol. The van der Waals surface area contributed by atoms with Crippen LogP contribution in [-0.2, 0) is 14.5 Å². The summed E-state index contributed by atoms with van der Waals surface area (Å²) in [6.45, 7) is -4.46. The molecule has 4 nitrogen and oxygen atoms in total. The van der Waals surface area contributed by atoms with Crippen LogP contribution in [0, 0.1) is 0 Å². The van der Waals surface area contributed by atoms with Crippen LogP contribution in [0.2, 0.25) is 0 Å². The molecule has 0 atom stereocenters. The van der Waals surface area contributed by atoms with Crippen LogP contribution in [0.3, 0.4) is 0 Å².